The van der Waals surface area contributed by atoms with Gasteiger partial charge in [-0.25, -0.2) is 13.2 Å². The van der Waals surface area contributed by atoms with E-state index in [1.54, 1.807) is 11.9 Å². The van der Waals surface area contributed by atoms with Crippen molar-refractivity contribution in [2.24, 2.45) is 0 Å². The zero-order chi connectivity index (χ0) is 13.0. The Kier molecular flexibility index (Phi) is 4.36. The molecule has 1 aromatic rings. The molecule has 90 valence electrons. The summed E-state index contributed by atoms with van der Waals surface area (Å²) in [6.45, 7) is 4.44. The van der Waals surface area contributed by atoms with Gasteiger partial charge in [0, 0.05) is 6.54 Å². The zero-order valence-corrected chi connectivity index (χ0v) is 9.43. The van der Waals surface area contributed by atoms with E-state index in [4.69, 9.17) is 6.42 Å². The summed E-state index contributed by atoms with van der Waals surface area (Å²) in [5, 5.41) is 0. The summed E-state index contributed by atoms with van der Waals surface area (Å²) < 4.78 is 38.7. The first-order chi connectivity index (χ1) is 7.95. The van der Waals surface area contributed by atoms with Crippen LogP contribution in [-0.4, -0.2) is 25.0 Å². The van der Waals surface area contributed by atoms with E-state index >= 15 is 0 Å². The number of rotatable bonds is 4. The fraction of sp³-hybridized carbons (Fsp3) is 0.231. The molecule has 17 heavy (non-hydrogen) atoms. The third-order valence-corrected chi connectivity index (χ3v) is 2.21. The summed E-state index contributed by atoms with van der Waals surface area (Å²) >= 11 is 0. The minimum Gasteiger partial charge on any atom is -0.291 e. The van der Waals surface area contributed by atoms with Crippen LogP contribution in [0.3, 0.4) is 0 Å². The maximum atomic E-state index is 13.0. The van der Waals surface area contributed by atoms with Gasteiger partial charge in [0.05, 0.1) is 6.54 Å². The standard InChI is InChI=1S/C13H12F3N/c1-4-5-17(3)8-9(2)10-6-11(14)13(16)12(15)7-10/h1,6-7H,2,5,8H2,3H3. The Labute approximate surface area is 98.6 Å². The third kappa shape index (κ3) is 3.36. The number of hydrogen-bond donors (Lipinski definition) is 0. The van der Waals surface area contributed by atoms with Gasteiger partial charge in [-0.05, 0) is 30.3 Å². The van der Waals surface area contributed by atoms with E-state index in [9.17, 15) is 13.2 Å². The largest absolute Gasteiger partial charge is 0.291 e. The molecule has 0 aliphatic carbocycles. The summed E-state index contributed by atoms with van der Waals surface area (Å²) in [6, 6.07) is 1.84. The molecular weight excluding hydrogens is 227 g/mol. The molecular formula is C13H12F3N. The average molecular weight is 239 g/mol. The number of terminal acetylenes is 1. The topological polar surface area (TPSA) is 3.24 Å². The molecule has 0 aromatic heterocycles. The first kappa shape index (κ1) is 13.3. The molecule has 1 aromatic carbocycles. The summed E-state index contributed by atoms with van der Waals surface area (Å²) in [5.41, 5.74) is 0.700. The van der Waals surface area contributed by atoms with Crippen molar-refractivity contribution in [3.8, 4) is 12.3 Å². The van der Waals surface area contributed by atoms with Crippen LogP contribution in [0.1, 0.15) is 5.56 Å². The van der Waals surface area contributed by atoms with Gasteiger partial charge in [0.15, 0.2) is 17.5 Å². The SMILES string of the molecule is C#CCN(C)CC(=C)c1cc(F)c(F)c(F)c1. The van der Waals surface area contributed by atoms with Crippen LogP contribution in [0.4, 0.5) is 13.2 Å². The zero-order valence-electron chi connectivity index (χ0n) is 9.43. The molecule has 0 bridgehead atoms. The van der Waals surface area contributed by atoms with Crippen LogP contribution in [0.25, 0.3) is 5.57 Å². The van der Waals surface area contributed by atoms with Gasteiger partial charge in [-0.2, -0.15) is 0 Å². The molecule has 0 unspecified atom stereocenters. The fourth-order valence-corrected chi connectivity index (χ4v) is 1.39. The van der Waals surface area contributed by atoms with Crippen LogP contribution in [0, 0.1) is 29.8 Å². The van der Waals surface area contributed by atoms with Gasteiger partial charge in [0.25, 0.3) is 0 Å². The summed E-state index contributed by atoms with van der Waals surface area (Å²) in [6.07, 6.45) is 5.12. The Bertz CT molecular complexity index is 451. The lowest BCUT2D eigenvalue weighted by molar-refractivity contribution is 0.424. The fourth-order valence-electron chi connectivity index (χ4n) is 1.39. The quantitative estimate of drug-likeness (QED) is 0.576. The highest BCUT2D eigenvalue weighted by molar-refractivity contribution is 5.64. The highest BCUT2D eigenvalue weighted by Gasteiger charge is 2.12. The highest BCUT2D eigenvalue weighted by atomic mass is 19.2. The van der Waals surface area contributed by atoms with Crippen molar-refractivity contribution >= 4 is 5.57 Å². The Balaban J connectivity index is 2.87. The van der Waals surface area contributed by atoms with Gasteiger partial charge in [-0.1, -0.05) is 12.5 Å². The third-order valence-electron chi connectivity index (χ3n) is 2.21. The molecule has 0 amide bonds. The van der Waals surface area contributed by atoms with Gasteiger partial charge < -0.3 is 0 Å². The van der Waals surface area contributed by atoms with Crippen molar-refractivity contribution in [3.63, 3.8) is 0 Å². The summed E-state index contributed by atoms with van der Waals surface area (Å²) in [7, 11) is 1.75. The van der Waals surface area contributed by atoms with E-state index in [0.717, 1.165) is 12.1 Å². The molecule has 0 heterocycles. The maximum Gasteiger partial charge on any atom is 0.194 e. The van der Waals surface area contributed by atoms with Crippen LogP contribution in [0.2, 0.25) is 0 Å². The van der Waals surface area contributed by atoms with Crippen LogP contribution in [0.15, 0.2) is 18.7 Å². The predicted molar refractivity (Wildman–Crippen MR) is 61.7 cm³/mol. The summed E-state index contributed by atoms with van der Waals surface area (Å²) in [4.78, 5) is 1.75. The van der Waals surface area contributed by atoms with Crippen molar-refractivity contribution in [3.05, 3.63) is 41.7 Å². The van der Waals surface area contributed by atoms with Crippen LogP contribution >= 0.6 is 0 Å². The Morgan fingerprint density at radius 3 is 2.35 bits per heavy atom. The van der Waals surface area contributed by atoms with E-state index in [-0.39, 0.29) is 5.56 Å². The molecule has 0 atom stereocenters. The van der Waals surface area contributed by atoms with Gasteiger partial charge in [-0.15, -0.1) is 6.42 Å². The number of hydrogen-bond acceptors (Lipinski definition) is 1. The van der Waals surface area contributed by atoms with Gasteiger partial charge in [-0.3, -0.25) is 4.90 Å². The van der Waals surface area contributed by atoms with Crippen molar-refractivity contribution in [1.82, 2.24) is 4.90 Å². The lowest BCUT2D eigenvalue weighted by Gasteiger charge is -2.15. The van der Waals surface area contributed by atoms with E-state index in [1.807, 2.05) is 0 Å². The van der Waals surface area contributed by atoms with Crippen molar-refractivity contribution in [2.75, 3.05) is 20.1 Å². The average Bonchev–Trinajstić information content (AvgIpc) is 2.25. The van der Waals surface area contributed by atoms with Crippen molar-refractivity contribution in [1.29, 1.82) is 0 Å². The van der Waals surface area contributed by atoms with Crippen LogP contribution in [0.5, 0.6) is 0 Å². The van der Waals surface area contributed by atoms with E-state index in [0.29, 0.717) is 18.7 Å². The molecule has 0 radical (unpaired) electrons. The highest BCUT2D eigenvalue weighted by Crippen LogP contribution is 2.19. The van der Waals surface area contributed by atoms with Crippen LogP contribution < -0.4 is 0 Å². The minimum atomic E-state index is -1.47. The molecule has 0 saturated carbocycles. The first-order valence-electron chi connectivity index (χ1n) is 4.90. The molecule has 1 rings (SSSR count). The molecule has 1 nitrogen and oxygen atoms in total. The Morgan fingerprint density at radius 2 is 1.88 bits per heavy atom. The number of likely N-dealkylation sites (N-methyl/N-ethyl adjacent to an activating group) is 1. The van der Waals surface area contributed by atoms with Gasteiger partial charge >= 0.3 is 0 Å². The number of benzene rings is 1. The Morgan fingerprint density at radius 1 is 1.35 bits per heavy atom. The Hall–Kier alpha value is -1.73. The van der Waals surface area contributed by atoms with Gasteiger partial charge in [0.1, 0.15) is 0 Å². The molecule has 0 spiro atoms. The second kappa shape index (κ2) is 5.55. The second-order valence-corrected chi connectivity index (χ2v) is 3.73. The van der Waals surface area contributed by atoms with E-state index in [2.05, 4.69) is 12.5 Å². The smallest absolute Gasteiger partial charge is 0.194 e. The molecule has 0 fully saturated rings. The maximum absolute atomic E-state index is 13.0. The monoisotopic (exact) mass is 239 g/mol. The molecule has 4 heteroatoms. The normalized spacial score (nSPS) is 10.4. The summed E-state index contributed by atoms with van der Waals surface area (Å²) in [5.74, 6) is -1.48. The first-order valence-corrected chi connectivity index (χ1v) is 4.90. The molecule has 0 aliphatic heterocycles. The second-order valence-electron chi connectivity index (χ2n) is 3.73. The minimum absolute atomic E-state index is 0.227. The van der Waals surface area contributed by atoms with E-state index in [1.165, 1.54) is 0 Å². The molecule has 0 N–H and O–H groups in total. The van der Waals surface area contributed by atoms with Crippen molar-refractivity contribution < 1.29 is 13.2 Å². The lowest BCUT2D eigenvalue weighted by atomic mass is 10.1. The lowest BCUT2D eigenvalue weighted by Crippen LogP contribution is -2.20. The van der Waals surface area contributed by atoms with Crippen LogP contribution in [-0.2, 0) is 0 Å². The van der Waals surface area contributed by atoms with E-state index < -0.39 is 17.5 Å². The van der Waals surface area contributed by atoms with Crippen molar-refractivity contribution in [2.45, 2.75) is 0 Å². The van der Waals surface area contributed by atoms with Gasteiger partial charge in [0.2, 0.25) is 0 Å². The molecule has 0 aliphatic rings. The molecule has 0 saturated heterocycles. The predicted octanol–water partition coefficient (Wildman–Crippen LogP) is 2.68. The number of nitrogens with zero attached hydrogens (tertiary/aromatic N) is 1. The number of halogens is 3.